The van der Waals surface area contributed by atoms with Crippen molar-refractivity contribution < 1.29 is 28.2 Å². The van der Waals surface area contributed by atoms with Crippen LogP contribution in [0.15, 0.2) is 48.2 Å². The number of unbranched alkanes of at least 4 members (excludes halogenated alkanes) is 1. The van der Waals surface area contributed by atoms with Gasteiger partial charge in [-0.3, -0.25) is 14.5 Å². The van der Waals surface area contributed by atoms with E-state index in [2.05, 4.69) is 12.2 Å². The highest BCUT2D eigenvalue weighted by Gasteiger charge is 2.39. The summed E-state index contributed by atoms with van der Waals surface area (Å²) in [4.78, 5) is 27.7. The molecule has 0 aromatic heterocycles. The number of anilines is 1. The van der Waals surface area contributed by atoms with E-state index in [9.17, 15) is 14.0 Å². The molecule has 0 unspecified atom stereocenters. The van der Waals surface area contributed by atoms with E-state index in [1.54, 1.807) is 18.2 Å². The highest BCUT2D eigenvalue weighted by Crippen LogP contribution is 2.33. The molecule has 2 amide bonds. The lowest BCUT2D eigenvalue weighted by Crippen LogP contribution is -2.34. The molecule has 1 N–H and O–H groups in total. The van der Waals surface area contributed by atoms with E-state index in [0.717, 1.165) is 12.8 Å². The quantitative estimate of drug-likeness (QED) is 0.380. The molecule has 0 fully saturated rings. The fourth-order valence-electron chi connectivity index (χ4n) is 3.48. The number of carbonyl (C=O) groups is 2. The van der Waals surface area contributed by atoms with Crippen molar-refractivity contribution in [3.63, 3.8) is 0 Å². The van der Waals surface area contributed by atoms with Crippen molar-refractivity contribution in [1.29, 1.82) is 0 Å². The minimum Gasteiger partial charge on any atom is -0.497 e. The van der Waals surface area contributed by atoms with Crippen LogP contribution in [0.25, 0.3) is 5.57 Å². The Balaban J connectivity index is 1.88. The van der Waals surface area contributed by atoms with Crippen molar-refractivity contribution in [2.75, 3.05) is 39.3 Å². The smallest absolute Gasteiger partial charge is 0.278 e. The van der Waals surface area contributed by atoms with E-state index in [4.69, 9.17) is 14.2 Å². The van der Waals surface area contributed by atoms with E-state index < -0.39 is 17.6 Å². The largest absolute Gasteiger partial charge is 0.497 e. The summed E-state index contributed by atoms with van der Waals surface area (Å²) in [5.74, 6) is -0.256. The molecule has 176 valence electrons. The number of hydrogen-bond donors (Lipinski definition) is 1. The molecular weight excluding hydrogens is 427 g/mol. The number of nitrogens with one attached hydrogen (secondary N) is 1. The zero-order chi connectivity index (χ0) is 23.8. The van der Waals surface area contributed by atoms with Crippen molar-refractivity contribution in [3.8, 4) is 11.5 Å². The summed E-state index contributed by atoms with van der Waals surface area (Å²) in [6, 6.07) is 10.6. The summed E-state index contributed by atoms with van der Waals surface area (Å²) in [7, 11) is 3.05. The summed E-state index contributed by atoms with van der Waals surface area (Å²) in [5, 5.41) is 3.06. The fourth-order valence-corrected chi connectivity index (χ4v) is 3.48. The monoisotopic (exact) mass is 456 g/mol. The Hall–Kier alpha value is -3.39. The first-order chi connectivity index (χ1) is 16.0. The number of halogens is 1. The predicted octanol–water partition coefficient (Wildman–Crippen LogP) is 4.24. The second-order valence-corrected chi connectivity index (χ2v) is 7.56. The topological polar surface area (TPSA) is 77.1 Å². The number of benzene rings is 2. The Morgan fingerprint density at radius 1 is 0.909 bits per heavy atom. The van der Waals surface area contributed by atoms with Gasteiger partial charge < -0.3 is 19.5 Å². The fraction of sp³-hybridized carbons (Fsp3) is 0.360. The molecule has 0 bridgehead atoms. The first kappa shape index (κ1) is 24.3. The molecule has 2 aromatic carbocycles. The third kappa shape index (κ3) is 5.90. The van der Waals surface area contributed by atoms with Gasteiger partial charge in [-0.1, -0.05) is 25.5 Å². The van der Waals surface area contributed by atoms with Gasteiger partial charge in [-0.05, 0) is 30.5 Å². The number of methoxy groups -OCH3 is 2. The molecule has 8 heteroatoms. The molecule has 1 aliphatic heterocycles. The van der Waals surface area contributed by atoms with Crippen molar-refractivity contribution in [1.82, 2.24) is 4.90 Å². The number of imide groups is 1. The summed E-state index contributed by atoms with van der Waals surface area (Å²) in [5.41, 5.74) is 1.28. The van der Waals surface area contributed by atoms with Crippen molar-refractivity contribution in [2.24, 2.45) is 0 Å². The van der Waals surface area contributed by atoms with Gasteiger partial charge in [0.15, 0.2) is 0 Å². The van der Waals surface area contributed by atoms with E-state index >= 15 is 0 Å². The number of carbonyl (C=O) groups excluding carboxylic acids is 2. The van der Waals surface area contributed by atoms with Gasteiger partial charge in [-0.25, -0.2) is 4.39 Å². The molecule has 0 aliphatic carbocycles. The minimum atomic E-state index is -0.449. The standard InChI is InChI=1S/C25H29FN2O5/c1-4-5-12-33-13-6-11-28-24(29)22(17-7-9-18(26)10-8-17)23(25(28)30)27-19-14-20(31-2)16-21(15-19)32-3/h7-10,14-16,27H,4-6,11-13H2,1-3H3. The molecule has 0 radical (unpaired) electrons. The zero-order valence-corrected chi connectivity index (χ0v) is 19.2. The first-order valence-corrected chi connectivity index (χ1v) is 10.9. The van der Waals surface area contributed by atoms with Gasteiger partial charge in [-0.15, -0.1) is 0 Å². The lowest BCUT2D eigenvalue weighted by Gasteiger charge is -2.15. The van der Waals surface area contributed by atoms with Gasteiger partial charge in [0.05, 0.1) is 19.8 Å². The number of nitrogens with zero attached hydrogens (tertiary/aromatic N) is 1. The van der Waals surface area contributed by atoms with Crippen molar-refractivity contribution in [2.45, 2.75) is 26.2 Å². The van der Waals surface area contributed by atoms with Gasteiger partial charge in [0.25, 0.3) is 11.8 Å². The molecule has 3 rings (SSSR count). The van der Waals surface area contributed by atoms with Crippen LogP contribution >= 0.6 is 0 Å². The summed E-state index contributed by atoms with van der Waals surface area (Å²) in [6.07, 6.45) is 2.53. The molecule has 0 spiro atoms. The van der Waals surface area contributed by atoms with E-state index in [1.165, 1.54) is 43.4 Å². The molecule has 33 heavy (non-hydrogen) atoms. The summed E-state index contributed by atoms with van der Waals surface area (Å²) in [6.45, 7) is 3.42. The van der Waals surface area contributed by atoms with Crippen LogP contribution in [0.4, 0.5) is 10.1 Å². The van der Waals surface area contributed by atoms with Gasteiger partial charge in [-0.2, -0.15) is 0 Å². The Morgan fingerprint density at radius 2 is 1.55 bits per heavy atom. The van der Waals surface area contributed by atoms with Crippen LogP contribution in [-0.4, -0.2) is 50.7 Å². The Kier molecular flexibility index (Phi) is 8.43. The van der Waals surface area contributed by atoms with Crippen LogP contribution < -0.4 is 14.8 Å². The molecule has 0 saturated carbocycles. The molecular formula is C25H29FN2O5. The Labute approximate surface area is 193 Å². The maximum Gasteiger partial charge on any atom is 0.278 e. The summed E-state index contributed by atoms with van der Waals surface area (Å²) >= 11 is 0. The maximum absolute atomic E-state index is 13.5. The third-order valence-electron chi connectivity index (χ3n) is 5.23. The number of ether oxygens (including phenoxy) is 3. The number of amides is 2. The van der Waals surface area contributed by atoms with Crippen LogP contribution in [0, 0.1) is 5.82 Å². The highest BCUT2D eigenvalue weighted by atomic mass is 19.1. The Bertz CT molecular complexity index is 998. The molecule has 1 heterocycles. The van der Waals surface area contributed by atoms with Gasteiger partial charge in [0.1, 0.15) is 23.0 Å². The molecule has 2 aromatic rings. The SMILES string of the molecule is CCCCOCCCN1C(=O)C(Nc2cc(OC)cc(OC)c2)=C(c2ccc(F)cc2)C1=O. The van der Waals surface area contributed by atoms with Gasteiger partial charge in [0.2, 0.25) is 0 Å². The molecule has 0 saturated heterocycles. The maximum atomic E-state index is 13.5. The molecule has 1 aliphatic rings. The van der Waals surface area contributed by atoms with Crippen LogP contribution in [-0.2, 0) is 14.3 Å². The molecule has 0 atom stereocenters. The number of rotatable bonds is 12. The van der Waals surface area contributed by atoms with Crippen molar-refractivity contribution in [3.05, 3.63) is 59.5 Å². The second-order valence-electron chi connectivity index (χ2n) is 7.56. The average Bonchev–Trinajstić information content (AvgIpc) is 3.05. The van der Waals surface area contributed by atoms with E-state index in [0.29, 0.717) is 42.4 Å². The average molecular weight is 457 g/mol. The zero-order valence-electron chi connectivity index (χ0n) is 19.2. The van der Waals surface area contributed by atoms with Crippen LogP contribution in [0.5, 0.6) is 11.5 Å². The van der Waals surface area contributed by atoms with Crippen LogP contribution in [0.3, 0.4) is 0 Å². The van der Waals surface area contributed by atoms with E-state index in [-0.39, 0.29) is 17.8 Å². The van der Waals surface area contributed by atoms with Crippen LogP contribution in [0.1, 0.15) is 31.7 Å². The first-order valence-electron chi connectivity index (χ1n) is 10.9. The van der Waals surface area contributed by atoms with Crippen LogP contribution in [0.2, 0.25) is 0 Å². The second kappa shape index (κ2) is 11.5. The van der Waals surface area contributed by atoms with Crippen molar-refractivity contribution >= 4 is 23.1 Å². The lowest BCUT2D eigenvalue weighted by molar-refractivity contribution is -0.137. The Morgan fingerprint density at radius 3 is 2.15 bits per heavy atom. The summed E-state index contributed by atoms with van der Waals surface area (Å²) < 4.78 is 29.6. The predicted molar refractivity (Wildman–Crippen MR) is 124 cm³/mol. The van der Waals surface area contributed by atoms with Gasteiger partial charge >= 0.3 is 0 Å². The minimum absolute atomic E-state index is 0.119. The number of hydrogen-bond acceptors (Lipinski definition) is 6. The third-order valence-corrected chi connectivity index (χ3v) is 5.23. The molecule has 7 nitrogen and oxygen atoms in total. The van der Waals surface area contributed by atoms with E-state index in [1.807, 2.05) is 0 Å². The highest BCUT2D eigenvalue weighted by molar-refractivity contribution is 6.36. The normalized spacial score (nSPS) is 13.6. The van der Waals surface area contributed by atoms with Gasteiger partial charge in [0, 0.05) is 43.6 Å². The lowest BCUT2D eigenvalue weighted by atomic mass is 10.0.